The van der Waals surface area contributed by atoms with Gasteiger partial charge in [0.1, 0.15) is 6.33 Å². The molecular formula is C15H10Cl2N2O. The summed E-state index contributed by atoms with van der Waals surface area (Å²) in [7, 11) is 0. The van der Waals surface area contributed by atoms with Gasteiger partial charge < -0.3 is 4.40 Å². The lowest BCUT2D eigenvalue weighted by Crippen LogP contribution is -2.12. The summed E-state index contributed by atoms with van der Waals surface area (Å²) in [6, 6.07) is 8.96. The molecule has 0 aliphatic carbocycles. The van der Waals surface area contributed by atoms with Gasteiger partial charge in [-0.2, -0.15) is 4.98 Å². The van der Waals surface area contributed by atoms with Crippen LogP contribution in [0.3, 0.4) is 0 Å². The van der Waals surface area contributed by atoms with Crippen molar-refractivity contribution in [3.8, 4) is 11.1 Å². The fraction of sp³-hybridized carbons (Fsp3) is 0.0667. The number of hydrogen-bond donors (Lipinski definition) is 0. The standard InChI is InChI=1S/C15H10Cl2N2O/c1-9-5-6-12-14(15(20)18-8-19(12)7-9)13-10(16)3-2-4-11(13)17/h2-8H,1H3. The monoisotopic (exact) mass is 304 g/mol. The highest BCUT2D eigenvalue weighted by molar-refractivity contribution is 6.39. The molecule has 5 heteroatoms. The van der Waals surface area contributed by atoms with Crippen molar-refractivity contribution in [3.63, 3.8) is 0 Å². The first-order valence-electron chi connectivity index (χ1n) is 6.00. The number of halogens is 2. The molecule has 0 bridgehead atoms. The number of rotatable bonds is 1. The van der Waals surface area contributed by atoms with E-state index in [4.69, 9.17) is 23.2 Å². The van der Waals surface area contributed by atoms with Crippen molar-refractivity contribution in [1.29, 1.82) is 0 Å². The minimum Gasteiger partial charge on any atom is -0.307 e. The highest BCUT2D eigenvalue weighted by Crippen LogP contribution is 2.34. The second-order valence-electron chi connectivity index (χ2n) is 4.52. The molecule has 0 atom stereocenters. The summed E-state index contributed by atoms with van der Waals surface area (Å²) < 4.78 is 1.80. The summed E-state index contributed by atoms with van der Waals surface area (Å²) >= 11 is 12.4. The van der Waals surface area contributed by atoms with Crippen molar-refractivity contribution in [1.82, 2.24) is 9.38 Å². The largest absolute Gasteiger partial charge is 0.307 e. The molecule has 0 aliphatic rings. The molecule has 0 radical (unpaired) electrons. The Morgan fingerprint density at radius 2 is 1.75 bits per heavy atom. The van der Waals surface area contributed by atoms with Gasteiger partial charge in [0.05, 0.1) is 21.1 Å². The minimum atomic E-state index is -0.344. The number of pyridine rings is 1. The smallest absolute Gasteiger partial charge is 0.281 e. The normalized spacial score (nSPS) is 10.9. The number of aromatic nitrogens is 2. The second-order valence-corrected chi connectivity index (χ2v) is 5.33. The van der Waals surface area contributed by atoms with Gasteiger partial charge in [0, 0.05) is 11.8 Å². The molecule has 0 fully saturated rings. The average Bonchev–Trinajstić information content (AvgIpc) is 2.41. The van der Waals surface area contributed by atoms with Crippen molar-refractivity contribution < 1.29 is 0 Å². The third kappa shape index (κ3) is 2.09. The van der Waals surface area contributed by atoms with Gasteiger partial charge in [-0.1, -0.05) is 35.3 Å². The molecule has 2 aromatic heterocycles. The van der Waals surface area contributed by atoms with Crippen LogP contribution in [0.25, 0.3) is 16.6 Å². The fourth-order valence-electron chi connectivity index (χ4n) is 2.20. The van der Waals surface area contributed by atoms with Crippen molar-refractivity contribution in [2.45, 2.75) is 6.92 Å². The van der Waals surface area contributed by atoms with E-state index in [-0.39, 0.29) is 5.56 Å². The Hall–Kier alpha value is -1.84. The third-order valence-corrected chi connectivity index (χ3v) is 3.74. The number of aryl methyl sites for hydroxylation is 1. The molecule has 3 nitrogen and oxygen atoms in total. The molecule has 3 rings (SSSR count). The van der Waals surface area contributed by atoms with E-state index in [1.807, 2.05) is 25.3 Å². The van der Waals surface area contributed by atoms with Gasteiger partial charge in [-0.3, -0.25) is 4.79 Å². The van der Waals surface area contributed by atoms with Crippen molar-refractivity contribution >= 4 is 28.7 Å². The molecule has 100 valence electrons. The lowest BCUT2D eigenvalue weighted by atomic mass is 10.1. The van der Waals surface area contributed by atoms with Crippen LogP contribution in [-0.2, 0) is 0 Å². The molecule has 0 saturated heterocycles. The maximum atomic E-state index is 12.2. The summed E-state index contributed by atoms with van der Waals surface area (Å²) in [5.41, 5.74) is 2.40. The van der Waals surface area contributed by atoms with Crippen LogP contribution in [0.1, 0.15) is 5.56 Å². The topological polar surface area (TPSA) is 34.4 Å². The Morgan fingerprint density at radius 1 is 1.05 bits per heavy atom. The Balaban J connectivity index is 2.47. The quantitative estimate of drug-likeness (QED) is 0.681. The van der Waals surface area contributed by atoms with E-state index in [1.165, 1.54) is 6.33 Å². The summed E-state index contributed by atoms with van der Waals surface area (Å²) in [5.74, 6) is 0. The van der Waals surface area contributed by atoms with Crippen LogP contribution in [0.4, 0.5) is 0 Å². The number of fused-ring (bicyclic) bond motifs is 1. The highest BCUT2D eigenvalue weighted by Gasteiger charge is 2.15. The van der Waals surface area contributed by atoms with Gasteiger partial charge in [-0.15, -0.1) is 0 Å². The Bertz CT molecular complexity index is 851. The maximum absolute atomic E-state index is 12.2. The molecule has 0 N–H and O–H groups in total. The van der Waals surface area contributed by atoms with Gasteiger partial charge >= 0.3 is 0 Å². The Morgan fingerprint density at radius 3 is 2.45 bits per heavy atom. The molecule has 0 aliphatic heterocycles. The zero-order valence-corrected chi connectivity index (χ0v) is 12.1. The third-order valence-electron chi connectivity index (χ3n) is 3.11. The van der Waals surface area contributed by atoms with Crippen LogP contribution >= 0.6 is 23.2 Å². The average molecular weight is 305 g/mol. The molecule has 2 heterocycles. The van der Waals surface area contributed by atoms with E-state index in [9.17, 15) is 4.79 Å². The van der Waals surface area contributed by atoms with E-state index in [1.54, 1.807) is 22.6 Å². The molecule has 0 amide bonds. The van der Waals surface area contributed by atoms with Gasteiger partial charge in [-0.25, -0.2) is 0 Å². The second kappa shape index (κ2) is 4.93. The van der Waals surface area contributed by atoms with Crippen LogP contribution < -0.4 is 5.56 Å². The van der Waals surface area contributed by atoms with Gasteiger partial charge in [0.2, 0.25) is 0 Å². The first-order valence-corrected chi connectivity index (χ1v) is 6.75. The number of benzene rings is 1. The first-order chi connectivity index (χ1) is 9.58. The zero-order valence-electron chi connectivity index (χ0n) is 10.6. The highest BCUT2D eigenvalue weighted by atomic mass is 35.5. The summed E-state index contributed by atoms with van der Waals surface area (Å²) in [5, 5.41) is 0.871. The van der Waals surface area contributed by atoms with E-state index < -0.39 is 0 Å². The van der Waals surface area contributed by atoms with Crippen molar-refractivity contribution in [2.75, 3.05) is 0 Å². The lowest BCUT2D eigenvalue weighted by molar-refractivity contribution is 1.04. The molecular weight excluding hydrogens is 295 g/mol. The van der Waals surface area contributed by atoms with Crippen LogP contribution in [0, 0.1) is 6.92 Å². The number of nitrogens with zero attached hydrogens (tertiary/aromatic N) is 2. The summed E-state index contributed by atoms with van der Waals surface area (Å²) in [4.78, 5) is 16.1. The lowest BCUT2D eigenvalue weighted by Gasteiger charge is -2.10. The van der Waals surface area contributed by atoms with Gasteiger partial charge in [0.15, 0.2) is 0 Å². The van der Waals surface area contributed by atoms with Crippen molar-refractivity contribution in [2.24, 2.45) is 0 Å². The molecule has 1 aromatic carbocycles. The van der Waals surface area contributed by atoms with Crippen LogP contribution in [-0.4, -0.2) is 9.38 Å². The predicted molar refractivity (Wildman–Crippen MR) is 81.7 cm³/mol. The first kappa shape index (κ1) is 13.2. The van der Waals surface area contributed by atoms with Crippen molar-refractivity contribution in [3.05, 3.63) is 68.8 Å². The van der Waals surface area contributed by atoms with Crippen LogP contribution in [0.2, 0.25) is 10.0 Å². The maximum Gasteiger partial charge on any atom is 0.281 e. The van der Waals surface area contributed by atoms with Crippen LogP contribution in [0.5, 0.6) is 0 Å². The fourth-order valence-corrected chi connectivity index (χ4v) is 2.78. The van der Waals surface area contributed by atoms with Crippen LogP contribution in [0.15, 0.2) is 47.7 Å². The van der Waals surface area contributed by atoms with E-state index >= 15 is 0 Å². The number of hydrogen-bond acceptors (Lipinski definition) is 2. The molecule has 3 aromatic rings. The SMILES string of the molecule is Cc1ccc2c(-c3c(Cl)cccc3Cl)c(=O)ncn2c1. The predicted octanol–water partition coefficient (Wildman–Crippen LogP) is 3.98. The molecule has 0 unspecified atom stereocenters. The van der Waals surface area contributed by atoms with Gasteiger partial charge in [-0.05, 0) is 30.7 Å². The zero-order chi connectivity index (χ0) is 14.3. The summed E-state index contributed by atoms with van der Waals surface area (Å²) in [6.45, 7) is 1.97. The van der Waals surface area contributed by atoms with Gasteiger partial charge in [0.25, 0.3) is 5.56 Å². The summed E-state index contributed by atoms with van der Waals surface area (Å²) in [6.07, 6.45) is 3.40. The molecule has 20 heavy (non-hydrogen) atoms. The Labute approximate surface area is 125 Å². The van der Waals surface area contributed by atoms with E-state index in [2.05, 4.69) is 4.98 Å². The van der Waals surface area contributed by atoms with E-state index in [0.717, 1.165) is 11.1 Å². The van der Waals surface area contributed by atoms with E-state index in [0.29, 0.717) is 21.2 Å². The Kier molecular flexibility index (Phi) is 3.24. The minimum absolute atomic E-state index is 0.344. The molecule has 0 saturated carbocycles. The molecule has 0 spiro atoms.